The lowest BCUT2D eigenvalue weighted by atomic mass is 10.0. The minimum absolute atomic E-state index is 0.171. The van der Waals surface area contributed by atoms with Crippen molar-refractivity contribution in [3.05, 3.63) is 0 Å². The smallest absolute Gasteiger partial charge is 0.303 e. The highest BCUT2D eigenvalue weighted by Crippen LogP contribution is 2.09. The van der Waals surface area contributed by atoms with Crippen molar-refractivity contribution in [1.82, 2.24) is 47.9 Å². The average molecular weight is 1060 g/mol. The van der Waals surface area contributed by atoms with Gasteiger partial charge in [0.05, 0.1) is 26.2 Å². The molecule has 33 nitrogen and oxygen atoms in total. The summed E-state index contributed by atoms with van der Waals surface area (Å²) in [4.78, 5) is 187. The van der Waals surface area contributed by atoms with E-state index < -0.39 is 214 Å². The fourth-order valence-electron chi connectivity index (χ4n) is 6.18. The van der Waals surface area contributed by atoms with Crippen LogP contribution in [0.4, 0.5) is 0 Å². The van der Waals surface area contributed by atoms with E-state index in [0.29, 0.717) is 0 Å². The summed E-state index contributed by atoms with van der Waals surface area (Å²) in [5.74, 6) is -17.3. The van der Waals surface area contributed by atoms with Crippen LogP contribution in [0.1, 0.15) is 85.0 Å². The van der Waals surface area contributed by atoms with Crippen LogP contribution < -0.4 is 76.5 Å². The molecule has 0 saturated carbocycles. The van der Waals surface area contributed by atoms with Crippen molar-refractivity contribution in [2.45, 2.75) is 139 Å². The summed E-state index contributed by atoms with van der Waals surface area (Å²) in [6.07, 6.45) is -5.18. The van der Waals surface area contributed by atoms with E-state index in [1.54, 1.807) is 13.8 Å². The number of hydrogen-bond donors (Lipinski definition) is 18. The average Bonchev–Trinajstić information content (AvgIpc) is 3.30. The Morgan fingerprint density at radius 2 is 0.797 bits per heavy atom. The van der Waals surface area contributed by atoms with E-state index in [1.807, 2.05) is 0 Å². The molecule has 0 aliphatic rings. The molecule has 0 aromatic heterocycles. The number of hydrogen-bond acceptors (Lipinski definition) is 18. The van der Waals surface area contributed by atoms with Crippen LogP contribution in [0, 0.1) is 5.92 Å². The number of carbonyl (C=O) groups is 15. The molecule has 33 heteroatoms. The molecule has 13 amide bonds. The van der Waals surface area contributed by atoms with Crippen LogP contribution in [-0.2, 0) is 71.9 Å². The molecule has 0 rings (SSSR count). The van der Waals surface area contributed by atoms with E-state index in [4.69, 9.17) is 33.8 Å². The number of carboxylic acids is 2. The Morgan fingerprint density at radius 1 is 0.419 bits per heavy atom. The van der Waals surface area contributed by atoms with Crippen LogP contribution in [0.5, 0.6) is 0 Å². The zero-order chi connectivity index (χ0) is 57.0. The first kappa shape index (κ1) is 65.9. The second-order valence-corrected chi connectivity index (χ2v) is 17.0. The number of carbonyl (C=O) groups excluding carboxylic acids is 13. The number of rotatable bonds is 37. The lowest BCUT2D eigenvalue weighted by Crippen LogP contribution is -2.60. The second kappa shape index (κ2) is 33.6. The molecule has 0 fully saturated rings. The van der Waals surface area contributed by atoms with E-state index in [0.717, 1.165) is 6.92 Å². The van der Waals surface area contributed by atoms with Gasteiger partial charge in [-0.2, -0.15) is 0 Å². The molecule has 0 heterocycles. The molecule has 0 unspecified atom stereocenters. The lowest BCUT2D eigenvalue weighted by Gasteiger charge is -2.27. The van der Waals surface area contributed by atoms with Gasteiger partial charge in [0.25, 0.3) is 0 Å². The highest BCUT2D eigenvalue weighted by Gasteiger charge is 2.35. The fraction of sp³-hybridized carbons (Fsp3) is 0.634. The number of amides is 13. The Hall–Kier alpha value is -8.07. The number of nitrogens with one attached hydrogen (secondary N) is 9. The Bertz CT molecular complexity index is 2070. The minimum atomic E-state index is -1.88. The first-order valence-electron chi connectivity index (χ1n) is 22.7. The molecule has 0 aliphatic carbocycles. The number of nitrogens with two attached hydrogens (primary N) is 5. The molecule has 416 valence electrons. The zero-order valence-corrected chi connectivity index (χ0v) is 40.8. The van der Waals surface area contributed by atoms with E-state index in [2.05, 4.69) is 47.9 Å². The number of carboxylic acid groups (broad SMARTS) is 2. The Labute approximate surface area is 422 Å². The van der Waals surface area contributed by atoms with Crippen LogP contribution in [0.25, 0.3) is 0 Å². The van der Waals surface area contributed by atoms with Crippen LogP contribution in [-0.4, -0.2) is 183 Å². The summed E-state index contributed by atoms with van der Waals surface area (Å²) in [5.41, 5.74) is 26.2. The first-order chi connectivity index (χ1) is 34.4. The predicted octanol–water partition coefficient (Wildman–Crippen LogP) is -10.0. The molecular weight excluding hydrogens is 993 g/mol. The normalized spacial score (nSPS) is 14.5. The maximum absolute atomic E-state index is 13.7. The molecule has 0 bridgehead atoms. The van der Waals surface area contributed by atoms with Crippen molar-refractivity contribution >= 4 is 88.7 Å². The van der Waals surface area contributed by atoms with E-state index >= 15 is 0 Å². The van der Waals surface area contributed by atoms with Gasteiger partial charge in [0.15, 0.2) is 0 Å². The Balaban J connectivity index is 6.12. The van der Waals surface area contributed by atoms with Crippen molar-refractivity contribution in [2.24, 2.45) is 34.6 Å². The van der Waals surface area contributed by atoms with Gasteiger partial charge < -0.3 is 96.9 Å². The van der Waals surface area contributed by atoms with Crippen molar-refractivity contribution in [2.75, 3.05) is 19.8 Å². The maximum atomic E-state index is 13.7. The third kappa shape index (κ3) is 26.9. The highest BCUT2D eigenvalue weighted by atomic mass is 16.4. The van der Waals surface area contributed by atoms with Crippen LogP contribution >= 0.6 is 0 Å². The molecule has 0 aromatic carbocycles. The summed E-state index contributed by atoms with van der Waals surface area (Å²) < 4.78 is 0. The van der Waals surface area contributed by atoms with Gasteiger partial charge in [0.1, 0.15) is 54.4 Å². The lowest BCUT2D eigenvalue weighted by molar-refractivity contribution is -0.139. The van der Waals surface area contributed by atoms with Crippen molar-refractivity contribution < 1.29 is 92.3 Å². The highest BCUT2D eigenvalue weighted by molar-refractivity contribution is 5.99. The summed E-state index contributed by atoms with van der Waals surface area (Å²) in [5, 5.41) is 57.5. The molecule has 0 radical (unpaired) electrons. The minimum Gasteiger partial charge on any atom is -0.481 e. The Morgan fingerprint density at radius 3 is 1.24 bits per heavy atom. The second-order valence-electron chi connectivity index (χ2n) is 17.0. The summed E-state index contributed by atoms with van der Waals surface area (Å²) in [6, 6.07) is -14.7. The van der Waals surface area contributed by atoms with Gasteiger partial charge in [0, 0.05) is 25.7 Å². The van der Waals surface area contributed by atoms with Gasteiger partial charge in [-0.3, -0.25) is 71.9 Å². The van der Waals surface area contributed by atoms with E-state index in [1.165, 1.54) is 0 Å². The number of aliphatic carboxylic acids is 2. The Kier molecular flexibility index (Phi) is 29.9. The molecule has 0 saturated heterocycles. The summed E-state index contributed by atoms with van der Waals surface area (Å²) in [7, 11) is 0. The van der Waals surface area contributed by atoms with Gasteiger partial charge >= 0.3 is 11.9 Å². The quantitative estimate of drug-likeness (QED) is 0.0275. The molecular formula is C41H68N14O19. The van der Waals surface area contributed by atoms with Crippen LogP contribution in [0.2, 0.25) is 0 Å². The van der Waals surface area contributed by atoms with Gasteiger partial charge in [-0.25, -0.2) is 0 Å². The SMILES string of the molecule is CC(C)C[C@H](NC(=O)[C@H](CCC(=O)O)NC(=O)[C@H](C)NC(=O)CNC(=O)[C@H](CCC(N)=O)NC(=O)[C@H](CCC(=O)O)NC(=O)[C@H](N)CO)C(=O)N[C@H](CO)C(=O)N[C@H](CC(N)=O)C(=O)N[C@H](CCC(N)=O)C(N)=O. The molecule has 0 aliphatic heterocycles. The third-order valence-electron chi connectivity index (χ3n) is 10.1. The van der Waals surface area contributed by atoms with Gasteiger partial charge in [-0.1, -0.05) is 13.8 Å². The van der Waals surface area contributed by atoms with Crippen molar-refractivity contribution in [1.29, 1.82) is 0 Å². The molecule has 9 atom stereocenters. The van der Waals surface area contributed by atoms with Gasteiger partial charge in [0.2, 0.25) is 76.8 Å². The summed E-state index contributed by atoms with van der Waals surface area (Å²) in [6.45, 7) is 1.50. The van der Waals surface area contributed by atoms with Gasteiger partial charge in [-0.15, -0.1) is 0 Å². The topological polar surface area (TPSA) is 575 Å². The molecule has 0 aromatic rings. The zero-order valence-electron chi connectivity index (χ0n) is 40.8. The number of primary amides is 4. The van der Waals surface area contributed by atoms with Crippen LogP contribution in [0.15, 0.2) is 0 Å². The standard InChI is InChI=1S/C41H68N14O19/c1-17(2)12-24(39(72)55-26(16-57)41(74)54-25(13-29(45)60)40(73)49-20(33(46)66)4-8-27(43)58)53-38(71)22(6-10-31(62)63)50-34(67)18(3)48-30(61)14-47-36(69)21(5-9-28(44)59)52-37(70)23(7-11-32(64)65)51-35(68)19(42)15-56/h17-26,56-57H,4-16,42H2,1-3H3,(H2,43,58)(H2,44,59)(H2,45,60)(H2,46,66)(H,47,69)(H,48,61)(H,49,73)(H,50,67)(H,51,68)(H,52,70)(H,53,71)(H,54,74)(H,55,72)(H,62,63)(H,64,65)/t18-,19+,20+,21-,22-,23-,24-,25+,26+/m0/s1. The first-order valence-corrected chi connectivity index (χ1v) is 22.7. The predicted molar refractivity (Wildman–Crippen MR) is 249 cm³/mol. The summed E-state index contributed by atoms with van der Waals surface area (Å²) >= 11 is 0. The third-order valence-corrected chi connectivity index (χ3v) is 10.1. The number of aliphatic hydroxyl groups excluding tert-OH is 2. The van der Waals surface area contributed by atoms with E-state index in [-0.39, 0.29) is 18.8 Å². The monoisotopic (exact) mass is 1060 g/mol. The van der Waals surface area contributed by atoms with Crippen molar-refractivity contribution in [3.63, 3.8) is 0 Å². The molecule has 74 heavy (non-hydrogen) atoms. The fourth-order valence-corrected chi connectivity index (χ4v) is 6.18. The molecule has 0 spiro atoms. The van der Waals surface area contributed by atoms with Crippen molar-refractivity contribution in [3.8, 4) is 0 Å². The maximum Gasteiger partial charge on any atom is 0.303 e. The number of aliphatic hydroxyl groups is 2. The van der Waals surface area contributed by atoms with Gasteiger partial charge in [-0.05, 0) is 44.9 Å². The molecule has 23 N–H and O–H groups in total. The largest absolute Gasteiger partial charge is 0.481 e. The van der Waals surface area contributed by atoms with E-state index in [9.17, 15) is 87.2 Å². The van der Waals surface area contributed by atoms with Crippen LogP contribution in [0.3, 0.4) is 0 Å².